The number of benzene rings is 1. The van der Waals surface area contributed by atoms with Crippen LogP contribution in [0.25, 0.3) is 0 Å². The van der Waals surface area contributed by atoms with Crippen LogP contribution in [-0.2, 0) is 0 Å². The second-order valence-electron chi connectivity index (χ2n) is 3.31. The lowest BCUT2D eigenvalue weighted by atomic mass is 10.0. The SMILES string of the molecule is Nc1[nH]ncc1C(O)c1ccc(Cl)cc1F. The second-order valence-corrected chi connectivity index (χ2v) is 3.74. The van der Waals surface area contributed by atoms with E-state index >= 15 is 0 Å². The molecule has 1 aromatic heterocycles. The van der Waals surface area contributed by atoms with Crippen LogP contribution >= 0.6 is 11.6 Å². The van der Waals surface area contributed by atoms with Gasteiger partial charge in [-0.15, -0.1) is 0 Å². The van der Waals surface area contributed by atoms with Crippen molar-refractivity contribution in [3.8, 4) is 0 Å². The van der Waals surface area contributed by atoms with E-state index in [9.17, 15) is 9.50 Å². The van der Waals surface area contributed by atoms with Crippen molar-refractivity contribution in [3.05, 3.63) is 46.4 Å². The number of nitrogen functional groups attached to an aromatic ring is 1. The number of aromatic nitrogens is 2. The number of aromatic amines is 1. The minimum atomic E-state index is -1.16. The molecule has 84 valence electrons. The Morgan fingerprint density at radius 2 is 2.19 bits per heavy atom. The van der Waals surface area contributed by atoms with Crippen molar-refractivity contribution in [1.82, 2.24) is 10.2 Å². The number of aliphatic hydroxyl groups is 1. The summed E-state index contributed by atoms with van der Waals surface area (Å²) in [4.78, 5) is 0. The minimum absolute atomic E-state index is 0.109. The first kappa shape index (κ1) is 10.9. The fourth-order valence-corrected chi connectivity index (χ4v) is 1.57. The first-order valence-corrected chi connectivity index (χ1v) is 4.89. The van der Waals surface area contributed by atoms with Crippen molar-refractivity contribution in [3.63, 3.8) is 0 Å². The van der Waals surface area contributed by atoms with Crippen molar-refractivity contribution in [2.45, 2.75) is 6.10 Å². The van der Waals surface area contributed by atoms with Gasteiger partial charge in [-0.05, 0) is 12.1 Å². The average molecular weight is 242 g/mol. The van der Waals surface area contributed by atoms with E-state index in [0.29, 0.717) is 5.56 Å². The van der Waals surface area contributed by atoms with Crippen LogP contribution in [0.3, 0.4) is 0 Å². The van der Waals surface area contributed by atoms with Gasteiger partial charge in [0.05, 0.1) is 6.20 Å². The van der Waals surface area contributed by atoms with Crippen LogP contribution in [0.15, 0.2) is 24.4 Å². The highest BCUT2D eigenvalue weighted by atomic mass is 35.5. The zero-order valence-electron chi connectivity index (χ0n) is 8.11. The molecule has 4 N–H and O–H groups in total. The van der Waals surface area contributed by atoms with Gasteiger partial charge in [-0.25, -0.2) is 4.39 Å². The van der Waals surface area contributed by atoms with Crippen LogP contribution in [0.5, 0.6) is 0 Å². The molecule has 0 bridgehead atoms. The zero-order valence-corrected chi connectivity index (χ0v) is 8.87. The molecule has 0 fully saturated rings. The highest BCUT2D eigenvalue weighted by Crippen LogP contribution is 2.28. The number of nitrogens with two attached hydrogens (primary N) is 1. The summed E-state index contributed by atoms with van der Waals surface area (Å²) in [5, 5.41) is 16.3. The smallest absolute Gasteiger partial charge is 0.130 e. The van der Waals surface area contributed by atoms with Gasteiger partial charge in [0.2, 0.25) is 0 Å². The summed E-state index contributed by atoms with van der Waals surface area (Å²) in [6.07, 6.45) is 0.199. The van der Waals surface area contributed by atoms with Crippen molar-refractivity contribution < 1.29 is 9.50 Å². The predicted molar refractivity (Wildman–Crippen MR) is 58.5 cm³/mol. The van der Waals surface area contributed by atoms with Gasteiger partial charge in [-0.1, -0.05) is 17.7 Å². The molecule has 0 radical (unpaired) electrons. The maximum atomic E-state index is 13.5. The van der Waals surface area contributed by atoms with Gasteiger partial charge in [0, 0.05) is 16.1 Å². The average Bonchev–Trinajstić information content (AvgIpc) is 2.63. The quantitative estimate of drug-likeness (QED) is 0.751. The molecule has 2 aromatic rings. The lowest BCUT2D eigenvalue weighted by molar-refractivity contribution is 0.216. The Morgan fingerprint density at radius 3 is 2.75 bits per heavy atom. The van der Waals surface area contributed by atoms with Crippen molar-refractivity contribution in [2.75, 3.05) is 5.73 Å². The Kier molecular flexibility index (Phi) is 2.80. The Bertz CT molecular complexity index is 515. The number of hydrogen-bond acceptors (Lipinski definition) is 3. The first-order valence-electron chi connectivity index (χ1n) is 4.51. The minimum Gasteiger partial charge on any atom is -0.384 e. The molecule has 0 aliphatic carbocycles. The number of aliphatic hydroxyl groups excluding tert-OH is 1. The first-order chi connectivity index (χ1) is 7.59. The molecule has 1 atom stereocenters. The van der Waals surface area contributed by atoms with Crippen molar-refractivity contribution in [1.29, 1.82) is 0 Å². The fourth-order valence-electron chi connectivity index (χ4n) is 1.41. The van der Waals surface area contributed by atoms with Gasteiger partial charge in [0.25, 0.3) is 0 Å². The Hall–Kier alpha value is -1.59. The Morgan fingerprint density at radius 1 is 1.44 bits per heavy atom. The van der Waals surface area contributed by atoms with E-state index in [0.717, 1.165) is 6.07 Å². The Labute approximate surface area is 95.9 Å². The molecular formula is C10H9ClFN3O. The van der Waals surface area contributed by atoms with E-state index in [1.54, 1.807) is 0 Å². The summed E-state index contributed by atoms with van der Waals surface area (Å²) in [6, 6.07) is 4.05. The number of hydrogen-bond donors (Lipinski definition) is 3. The number of anilines is 1. The topological polar surface area (TPSA) is 74.9 Å². The van der Waals surface area contributed by atoms with E-state index in [1.165, 1.54) is 18.3 Å². The standard InChI is InChI=1S/C10H9ClFN3O/c11-5-1-2-6(8(12)3-5)9(16)7-4-14-15-10(7)13/h1-4,9,16H,(H3,13,14,15). The second kappa shape index (κ2) is 4.11. The van der Waals surface area contributed by atoms with Crippen molar-refractivity contribution in [2.24, 2.45) is 0 Å². The summed E-state index contributed by atoms with van der Waals surface area (Å²) in [6.45, 7) is 0. The molecular weight excluding hydrogens is 233 g/mol. The summed E-state index contributed by atoms with van der Waals surface area (Å²) in [5.41, 5.74) is 5.98. The molecule has 0 aliphatic rings. The highest BCUT2D eigenvalue weighted by Gasteiger charge is 2.18. The summed E-state index contributed by atoms with van der Waals surface area (Å²) in [7, 11) is 0. The maximum absolute atomic E-state index is 13.5. The third-order valence-electron chi connectivity index (χ3n) is 2.25. The van der Waals surface area contributed by atoms with E-state index in [4.69, 9.17) is 17.3 Å². The lowest BCUT2D eigenvalue weighted by Crippen LogP contribution is -2.04. The highest BCUT2D eigenvalue weighted by molar-refractivity contribution is 6.30. The van der Waals surface area contributed by atoms with E-state index in [2.05, 4.69) is 10.2 Å². The summed E-state index contributed by atoms with van der Waals surface area (Å²) >= 11 is 5.61. The van der Waals surface area contributed by atoms with Gasteiger partial charge < -0.3 is 10.8 Å². The number of halogens is 2. The van der Waals surface area contributed by atoms with Gasteiger partial charge in [-0.3, -0.25) is 5.10 Å². The van der Waals surface area contributed by atoms with Crippen molar-refractivity contribution >= 4 is 17.4 Å². The molecule has 6 heteroatoms. The predicted octanol–water partition coefficient (Wildman–Crippen LogP) is 1.87. The van der Waals surface area contributed by atoms with Crippen LogP contribution in [0.1, 0.15) is 17.2 Å². The third kappa shape index (κ3) is 1.87. The third-order valence-corrected chi connectivity index (χ3v) is 2.49. The lowest BCUT2D eigenvalue weighted by Gasteiger charge is -2.11. The molecule has 4 nitrogen and oxygen atoms in total. The normalized spacial score (nSPS) is 12.7. The largest absolute Gasteiger partial charge is 0.384 e. The molecule has 2 rings (SSSR count). The monoisotopic (exact) mass is 241 g/mol. The molecule has 1 unspecified atom stereocenters. The molecule has 1 heterocycles. The molecule has 0 amide bonds. The number of nitrogens with zero attached hydrogens (tertiary/aromatic N) is 1. The zero-order chi connectivity index (χ0) is 11.7. The number of rotatable bonds is 2. The van der Waals surface area contributed by atoms with Gasteiger partial charge >= 0.3 is 0 Å². The summed E-state index contributed by atoms with van der Waals surface area (Å²) in [5.74, 6) is -0.373. The van der Waals surface area contributed by atoms with Crippen LogP contribution in [-0.4, -0.2) is 15.3 Å². The van der Waals surface area contributed by atoms with Crippen LogP contribution in [0.4, 0.5) is 10.2 Å². The van der Waals surface area contributed by atoms with Gasteiger partial charge in [0.1, 0.15) is 17.7 Å². The molecule has 0 spiro atoms. The Balaban J connectivity index is 2.41. The maximum Gasteiger partial charge on any atom is 0.130 e. The molecule has 0 aliphatic heterocycles. The summed E-state index contributed by atoms with van der Waals surface area (Å²) < 4.78 is 13.5. The van der Waals surface area contributed by atoms with Gasteiger partial charge in [0.15, 0.2) is 0 Å². The van der Waals surface area contributed by atoms with Crippen LogP contribution < -0.4 is 5.73 Å². The van der Waals surface area contributed by atoms with Crippen LogP contribution in [0, 0.1) is 5.82 Å². The molecule has 1 aromatic carbocycles. The molecule has 0 saturated heterocycles. The van der Waals surface area contributed by atoms with E-state index in [-0.39, 0.29) is 16.4 Å². The molecule has 0 saturated carbocycles. The van der Waals surface area contributed by atoms with E-state index < -0.39 is 11.9 Å². The number of nitrogens with one attached hydrogen (secondary N) is 1. The fraction of sp³-hybridized carbons (Fsp3) is 0.100. The van der Waals surface area contributed by atoms with E-state index in [1.807, 2.05) is 0 Å². The van der Waals surface area contributed by atoms with Crippen LogP contribution in [0.2, 0.25) is 5.02 Å². The molecule has 16 heavy (non-hydrogen) atoms. The van der Waals surface area contributed by atoms with Gasteiger partial charge in [-0.2, -0.15) is 5.10 Å². The number of H-pyrrole nitrogens is 1.